The smallest absolute Gasteiger partial charge is 0.239 e. The molecule has 1 aliphatic rings. The molecule has 1 unspecified atom stereocenters. The summed E-state index contributed by atoms with van der Waals surface area (Å²) in [7, 11) is 0. The lowest BCUT2D eigenvalue weighted by Crippen LogP contribution is -2.41. The molecule has 1 rings (SSSR count). The van der Waals surface area contributed by atoms with E-state index in [-0.39, 0.29) is 6.04 Å². The molecule has 1 amide bonds. The Morgan fingerprint density at radius 1 is 1.38 bits per heavy atom. The molecule has 0 aromatic heterocycles. The van der Waals surface area contributed by atoms with E-state index < -0.39 is 0 Å². The van der Waals surface area contributed by atoms with Gasteiger partial charge in [0.15, 0.2) is 0 Å². The van der Waals surface area contributed by atoms with Crippen LogP contribution in [0.4, 0.5) is 0 Å². The van der Waals surface area contributed by atoms with Crippen LogP contribution in [0.3, 0.4) is 0 Å². The summed E-state index contributed by atoms with van der Waals surface area (Å²) in [5.41, 5.74) is 0. The molecule has 0 aromatic rings. The van der Waals surface area contributed by atoms with E-state index in [9.17, 15) is 4.79 Å². The Morgan fingerprint density at radius 2 is 2.06 bits per heavy atom. The Hall–Kier alpha value is -0.570. The Balaban J connectivity index is 2.28. The Labute approximate surface area is 99.6 Å². The topological polar surface area (TPSA) is 32.3 Å². The van der Waals surface area contributed by atoms with Gasteiger partial charge in [0.05, 0.1) is 6.04 Å². The molecule has 0 aliphatic carbocycles. The molecule has 0 spiro atoms. The summed E-state index contributed by atoms with van der Waals surface area (Å²) in [6.45, 7) is 10.5. The first-order chi connectivity index (χ1) is 7.50. The summed E-state index contributed by atoms with van der Waals surface area (Å²) in [4.78, 5) is 14.0. The van der Waals surface area contributed by atoms with Crippen LogP contribution in [-0.4, -0.2) is 36.0 Å². The zero-order valence-corrected chi connectivity index (χ0v) is 11.1. The number of rotatable bonds is 6. The lowest BCUT2D eigenvalue weighted by molar-refractivity contribution is -0.129. The fraction of sp³-hybridized carbons (Fsp3) is 0.923. The van der Waals surface area contributed by atoms with Crippen molar-refractivity contribution >= 4 is 5.91 Å². The molecule has 0 aromatic carbocycles. The lowest BCUT2D eigenvalue weighted by Gasteiger charge is -2.18. The van der Waals surface area contributed by atoms with E-state index in [1.54, 1.807) is 0 Å². The van der Waals surface area contributed by atoms with Crippen LogP contribution in [-0.2, 0) is 4.79 Å². The van der Waals surface area contributed by atoms with Crippen molar-refractivity contribution in [3.63, 3.8) is 0 Å². The van der Waals surface area contributed by atoms with Crippen LogP contribution >= 0.6 is 0 Å². The van der Waals surface area contributed by atoms with Gasteiger partial charge in [-0.05, 0) is 25.2 Å². The van der Waals surface area contributed by atoms with Gasteiger partial charge in [-0.1, -0.05) is 27.7 Å². The van der Waals surface area contributed by atoms with Gasteiger partial charge in [-0.25, -0.2) is 0 Å². The normalized spacial score (nSPS) is 21.5. The average Bonchev–Trinajstić information content (AvgIpc) is 2.48. The highest BCUT2D eigenvalue weighted by Crippen LogP contribution is 2.14. The maximum Gasteiger partial charge on any atom is 0.239 e. The molecule has 3 nitrogen and oxygen atoms in total. The van der Waals surface area contributed by atoms with Gasteiger partial charge in [-0.2, -0.15) is 0 Å². The largest absolute Gasteiger partial charge is 0.341 e. The lowest BCUT2D eigenvalue weighted by atomic mass is 10.1. The summed E-state index contributed by atoms with van der Waals surface area (Å²) >= 11 is 0. The van der Waals surface area contributed by atoms with Crippen molar-refractivity contribution in [3.8, 4) is 0 Å². The van der Waals surface area contributed by atoms with Crippen LogP contribution in [0.25, 0.3) is 0 Å². The molecule has 1 heterocycles. The zero-order valence-electron chi connectivity index (χ0n) is 11.1. The predicted octanol–water partition coefficient (Wildman–Crippen LogP) is 2.02. The van der Waals surface area contributed by atoms with Crippen LogP contribution in [0, 0.1) is 5.92 Å². The molecule has 0 saturated carbocycles. The van der Waals surface area contributed by atoms with E-state index in [2.05, 4.69) is 33.0 Å². The van der Waals surface area contributed by atoms with Gasteiger partial charge in [-0.3, -0.25) is 4.79 Å². The van der Waals surface area contributed by atoms with E-state index in [1.807, 2.05) is 4.90 Å². The maximum atomic E-state index is 12.0. The minimum Gasteiger partial charge on any atom is -0.341 e. The predicted molar refractivity (Wildman–Crippen MR) is 67.3 cm³/mol. The molecule has 1 N–H and O–H groups in total. The van der Waals surface area contributed by atoms with Crippen LogP contribution < -0.4 is 5.32 Å². The number of amides is 1. The Bertz CT molecular complexity index is 226. The molecule has 94 valence electrons. The number of hydrogen-bond acceptors (Lipinski definition) is 2. The first-order valence-electron chi connectivity index (χ1n) is 6.55. The fourth-order valence-electron chi connectivity index (χ4n) is 2.21. The Kier molecular flexibility index (Phi) is 5.26. The molecule has 0 radical (unpaired) electrons. The zero-order chi connectivity index (χ0) is 12.1. The maximum absolute atomic E-state index is 12.0. The second-order valence-corrected chi connectivity index (χ2v) is 5.52. The third kappa shape index (κ3) is 4.12. The molecule has 1 saturated heterocycles. The van der Waals surface area contributed by atoms with Crippen molar-refractivity contribution in [3.05, 3.63) is 0 Å². The second-order valence-electron chi connectivity index (χ2n) is 5.52. The van der Waals surface area contributed by atoms with Crippen LogP contribution in [0.5, 0.6) is 0 Å². The van der Waals surface area contributed by atoms with Gasteiger partial charge in [0, 0.05) is 19.1 Å². The number of nitrogens with zero attached hydrogens (tertiary/aromatic N) is 1. The molecule has 3 heteroatoms. The van der Waals surface area contributed by atoms with E-state index >= 15 is 0 Å². The van der Waals surface area contributed by atoms with E-state index in [0.29, 0.717) is 11.9 Å². The van der Waals surface area contributed by atoms with Gasteiger partial charge in [0.1, 0.15) is 0 Å². The first-order valence-corrected chi connectivity index (χ1v) is 6.55. The van der Waals surface area contributed by atoms with E-state index in [4.69, 9.17) is 0 Å². The summed E-state index contributed by atoms with van der Waals surface area (Å²) in [6, 6.07) is 0.462. The standard InChI is InChI=1S/C13H26N2O/c1-10(2)6-5-8-15-9-7-12(13(15)16)14-11(3)4/h10-12,14H,5-9H2,1-4H3. The average molecular weight is 226 g/mol. The molecule has 0 bridgehead atoms. The number of likely N-dealkylation sites (tertiary alicyclic amines) is 1. The van der Waals surface area contributed by atoms with Crippen LogP contribution in [0.1, 0.15) is 47.0 Å². The number of carbonyl (C=O) groups excluding carboxylic acids is 1. The van der Waals surface area contributed by atoms with Crippen LogP contribution in [0.15, 0.2) is 0 Å². The third-order valence-corrected chi connectivity index (χ3v) is 3.04. The second kappa shape index (κ2) is 6.24. The van der Waals surface area contributed by atoms with Gasteiger partial charge in [0.2, 0.25) is 5.91 Å². The highest BCUT2D eigenvalue weighted by molar-refractivity contribution is 5.83. The summed E-state index contributed by atoms with van der Waals surface area (Å²) in [5.74, 6) is 1.04. The highest BCUT2D eigenvalue weighted by atomic mass is 16.2. The summed E-state index contributed by atoms with van der Waals surface area (Å²) in [6.07, 6.45) is 3.32. The van der Waals surface area contributed by atoms with Crippen molar-refractivity contribution < 1.29 is 4.79 Å². The van der Waals surface area contributed by atoms with E-state index in [0.717, 1.165) is 31.8 Å². The quantitative estimate of drug-likeness (QED) is 0.751. The monoisotopic (exact) mass is 226 g/mol. The molecular weight excluding hydrogens is 200 g/mol. The van der Waals surface area contributed by atoms with Gasteiger partial charge < -0.3 is 10.2 Å². The molecular formula is C13H26N2O. The van der Waals surface area contributed by atoms with Crippen molar-refractivity contribution in [1.82, 2.24) is 10.2 Å². The van der Waals surface area contributed by atoms with Crippen LogP contribution in [0.2, 0.25) is 0 Å². The first kappa shape index (κ1) is 13.5. The highest BCUT2D eigenvalue weighted by Gasteiger charge is 2.30. The minimum absolute atomic E-state index is 0.0686. The summed E-state index contributed by atoms with van der Waals surface area (Å²) in [5, 5.41) is 3.33. The molecule has 16 heavy (non-hydrogen) atoms. The van der Waals surface area contributed by atoms with Crippen molar-refractivity contribution in [2.45, 2.75) is 59.0 Å². The van der Waals surface area contributed by atoms with Gasteiger partial charge >= 0.3 is 0 Å². The molecule has 1 aliphatic heterocycles. The molecule has 1 fully saturated rings. The SMILES string of the molecule is CC(C)CCCN1CCC(NC(C)C)C1=O. The van der Waals surface area contributed by atoms with E-state index in [1.165, 1.54) is 6.42 Å². The van der Waals surface area contributed by atoms with Crippen molar-refractivity contribution in [2.75, 3.05) is 13.1 Å². The number of hydrogen-bond donors (Lipinski definition) is 1. The summed E-state index contributed by atoms with van der Waals surface area (Å²) < 4.78 is 0. The van der Waals surface area contributed by atoms with Crippen molar-refractivity contribution in [1.29, 1.82) is 0 Å². The fourth-order valence-corrected chi connectivity index (χ4v) is 2.21. The van der Waals surface area contributed by atoms with Gasteiger partial charge in [-0.15, -0.1) is 0 Å². The van der Waals surface area contributed by atoms with Gasteiger partial charge in [0.25, 0.3) is 0 Å². The van der Waals surface area contributed by atoms with Crippen molar-refractivity contribution in [2.24, 2.45) is 5.92 Å². The molecule has 1 atom stereocenters. The number of carbonyl (C=O) groups is 1. The minimum atomic E-state index is 0.0686. The number of nitrogens with one attached hydrogen (secondary N) is 1. The third-order valence-electron chi connectivity index (χ3n) is 3.04. The Morgan fingerprint density at radius 3 is 2.62 bits per heavy atom.